The number of amides is 1. The lowest BCUT2D eigenvalue weighted by Gasteiger charge is -2.15. The summed E-state index contributed by atoms with van der Waals surface area (Å²) < 4.78 is 11.3. The molecule has 1 rings (SSSR count). The zero-order valence-electron chi connectivity index (χ0n) is 13.6. The van der Waals surface area contributed by atoms with Gasteiger partial charge in [-0.15, -0.1) is 12.4 Å². The maximum atomic E-state index is 11.9. The molecule has 1 aromatic carbocycles. The third-order valence-corrected chi connectivity index (χ3v) is 2.94. The summed E-state index contributed by atoms with van der Waals surface area (Å²) >= 11 is 0. The van der Waals surface area contributed by atoms with E-state index in [1.807, 2.05) is 19.1 Å². The number of nitrogens with one attached hydrogen (secondary N) is 1. The van der Waals surface area contributed by atoms with Crippen LogP contribution in [0.1, 0.15) is 33.6 Å². The van der Waals surface area contributed by atoms with Crippen LogP contribution in [0.15, 0.2) is 18.2 Å². The first-order valence-electron chi connectivity index (χ1n) is 7.52. The minimum absolute atomic E-state index is 0. The molecule has 1 aromatic rings. The number of hydrogen-bond donors (Lipinski definition) is 2. The number of hydrogen-bond acceptors (Lipinski definition) is 4. The highest BCUT2D eigenvalue weighted by molar-refractivity contribution is 5.92. The molecule has 0 heterocycles. The van der Waals surface area contributed by atoms with E-state index in [1.165, 1.54) is 0 Å². The first-order valence-corrected chi connectivity index (χ1v) is 7.52. The highest BCUT2D eigenvalue weighted by atomic mass is 35.5. The zero-order chi connectivity index (χ0) is 15.7. The van der Waals surface area contributed by atoms with Crippen LogP contribution >= 0.6 is 12.4 Å². The van der Waals surface area contributed by atoms with E-state index in [-0.39, 0.29) is 24.2 Å². The normalized spacial score (nSPS) is 11.3. The second kappa shape index (κ2) is 11.2. The standard InChI is InChI=1S/C16H26N2O3.ClH/c1-4-8-20-14-7-6-13(10-15(14)21-9-5-2)18-16(19)12(3)11-17;/h6-7,10,12H,4-5,8-9,11,17H2,1-3H3,(H,18,19);1H. The van der Waals surface area contributed by atoms with Gasteiger partial charge in [-0.25, -0.2) is 0 Å². The molecule has 1 unspecified atom stereocenters. The van der Waals surface area contributed by atoms with E-state index in [4.69, 9.17) is 15.2 Å². The predicted molar refractivity (Wildman–Crippen MR) is 92.1 cm³/mol. The maximum Gasteiger partial charge on any atom is 0.228 e. The lowest BCUT2D eigenvalue weighted by Crippen LogP contribution is -2.26. The Hall–Kier alpha value is -1.46. The molecule has 3 N–H and O–H groups in total. The van der Waals surface area contributed by atoms with E-state index in [9.17, 15) is 4.79 Å². The van der Waals surface area contributed by atoms with Gasteiger partial charge in [0.2, 0.25) is 5.91 Å². The Labute approximate surface area is 139 Å². The van der Waals surface area contributed by atoms with Crippen molar-refractivity contribution in [1.82, 2.24) is 0 Å². The summed E-state index contributed by atoms with van der Waals surface area (Å²) in [4.78, 5) is 11.9. The highest BCUT2D eigenvalue weighted by Crippen LogP contribution is 2.31. The quantitative estimate of drug-likeness (QED) is 0.729. The Morgan fingerprint density at radius 3 is 2.32 bits per heavy atom. The molecule has 0 saturated heterocycles. The van der Waals surface area contributed by atoms with Crippen LogP contribution in [0.2, 0.25) is 0 Å². The fraction of sp³-hybridized carbons (Fsp3) is 0.562. The molecule has 0 radical (unpaired) electrons. The Bertz CT molecular complexity index is 455. The third-order valence-electron chi connectivity index (χ3n) is 2.94. The fourth-order valence-corrected chi connectivity index (χ4v) is 1.61. The number of halogens is 1. The van der Waals surface area contributed by atoms with Gasteiger partial charge in [0, 0.05) is 24.2 Å². The van der Waals surface area contributed by atoms with Crippen LogP contribution in [0, 0.1) is 5.92 Å². The van der Waals surface area contributed by atoms with Crippen molar-refractivity contribution in [2.24, 2.45) is 11.7 Å². The number of benzene rings is 1. The van der Waals surface area contributed by atoms with Crippen LogP contribution in [0.5, 0.6) is 11.5 Å². The number of carbonyl (C=O) groups is 1. The molecule has 0 aromatic heterocycles. The van der Waals surface area contributed by atoms with Gasteiger partial charge in [-0.3, -0.25) is 4.79 Å². The zero-order valence-corrected chi connectivity index (χ0v) is 14.4. The van der Waals surface area contributed by atoms with Gasteiger partial charge in [-0.05, 0) is 25.0 Å². The Morgan fingerprint density at radius 1 is 1.18 bits per heavy atom. The molecule has 0 saturated carbocycles. The van der Waals surface area contributed by atoms with Crippen molar-refractivity contribution in [2.75, 3.05) is 25.1 Å². The summed E-state index contributed by atoms with van der Waals surface area (Å²) in [5, 5.41) is 2.84. The van der Waals surface area contributed by atoms with Crippen molar-refractivity contribution in [3.63, 3.8) is 0 Å². The number of ether oxygens (including phenoxy) is 2. The average Bonchev–Trinajstić information content (AvgIpc) is 2.50. The van der Waals surface area contributed by atoms with Crippen LogP contribution in [-0.2, 0) is 4.79 Å². The Morgan fingerprint density at radius 2 is 1.77 bits per heavy atom. The van der Waals surface area contributed by atoms with Crippen molar-refractivity contribution in [3.05, 3.63) is 18.2 Å². The molecule has 6 heteroatoms. The Kier molecular flexibility index (Phi) is 10.4. The molecule has 0 aliphatic rings. The first-order chi connectivity index (χ1) is 10.1. The van der Waals surface area contributed by atoms with E-state index in [1.54, 1.807) is 13.0 Å². The van der Waals surface area contributed by atoms with Crippen molar-refractivity contribution in [2.45, 2.75) is 33.6 Å². The molecule has 22 heavy (non-hydrogen) atoms. The molecule has 1 amide bonds. The molecule has 0 bridgehead atoms. The lowest BCUT2D eigenvalue weighted by atomic mass is 10.1. The fourth-order valence-electron chi connectivity index (χ4n) is 1.61. The van der Waals surface area contributed by atoms with Crippen molar-refractivity contribution >= 4 is 24.0 Å². The molecule has 5 nitrogen and oxygen atoms in total. The molecule has 0 fully saturated rings. The highest BCUT2D eigenvalue weighted by Gasteiger charge is 2.13. The molecule has 1 atom stereocenters. The van der Waals surface area contributed by atoms with Crippen LogP contribution < -0.4 is 20.5 Å². The van der Waals surface area contributed by atoms with Gasteiger partial charge in [0.05, 0.1) is 13.2 Å². The van der Waals surface area contributed by atoms with E-state index >= 15 is 0 Å². The maximum absolute atomic E-state index is 11.9. The topological polar surface area (TPSA) is 73.6 Å². The van der Waals surface area contributed by atoms with Gasteiger partial charge in [-0.1, -0.05) is 20.8 Å². The van der Waals surface area contributed by atoms with Gasteiger partial charge >= 0.3 is 0 Å². The summed E-state index contributed by atoms with van der Waals surface area (Å²) in [6, 6.07) is 5.43. The minimum atomic E-state index is -0.221. The number of rotatable bonds is 9. The summed E-state index contributed by atoms with van der Waals surface area (Å²) in [6.07, 6.45) is 1.84. The van der Waals surface area contributed by atoms with Crippen molar-refractivity contribution in [3.8, 4) is 11.5 Å². The molecule has 0 aliphatic heterocycles. The number of nitrogens with two attached hydrogens (primary N) is 1. The third kappa shape index (κ3) is 6.54. The molecule has 0 spiro atoms. The smallest absolute Gasteiger partial charge is 0.228 e. The predicted octanol–water partition coefficient (Wildman–Crippen LogP) is 3.22. The number of carbonyl (C=O) groups excluding carboxylic acids is 1. The van der Waals surface area contributed by atoms with Crippen LogP contribution in [0.25, 0.3) is 0 Å². The molecular formula is C16H27ClN2O3. The minimum Gasteiger partial charge on any atom is -0.490 e. The van der Waals surface area contributed by atoms with Gasteiger partial charge in [0.25, 0.3) is 0 Å². The van der Waals surface area contributed by atoms with Crippen LogP contribution in [0.4, 0.5) is 5.69 Å². The van der Waals surface area contributed by atoms with Gasteiger partial charge in [0.15, 0.2) is 11.5 Å². The van der Waals surface area contributed by atoms with E-state index in [0.29, 0.717) is 36.9 Å². The van der Waals surface area contributed by atoms with Crippen molar-refractivity contribution in [1.29, 1.82) is 0 Å². The van der Waals surface area contributed by atoms with Gasteiger partial charge < -0.3 is 20.5 Å². The van der Waals surface area contributed by atoms with Crippen molar-refractivity contribution < 1.29 is 14.3 Å². The SMILES string of the molecule is CCCOc1ccc(NC(=O)C(C)CN)cc1OCCC.Cl. The second-order valence-electron chi connectivity index (χ2n) is 4.98. The number of anilines is 1. The Balaban J connectivity index is 0.00000441. The summed E-state index contributed by atoms with van der Waals surface area (Å²) in [7, 11) is 0. The van der Waals surface area contributed by atoms with E-state index < -0.39 is 0 Å². The van der Waals surface area contributed by atoms with E-state index in [0.717, 1.165) is 12.8 Å². The van der Waals surface area contributed by atoms with Gasteiger partial charge in [0.1, 0.15) is 0 Å². The van der Waals surface area contributed by atoms with Gasteiger partial charge in [-0.2, -0.15) is 0 Å². The molecule has 126 valence electrons. The van der Waals surface area contributed by atoms with Crippen LogP contribution in [0.3, 0.4) is 0 Å². The summed E-state index contributed by atoms with van der Waals surface area (Å²) in [5.41, 5.74) is 6.19. The van der Waals surface area contributed by atoms with Crippen LogP contribution in [-0.4, -0.2) is 25.7 Å². The lowest BCUT2D eigenvalue weighted by molar-refractivity contribution is -0.119. The average molecular weight is 331 g/mol. The summed E-state index contributed by atoms with van der Waals surface area (Å²) in [6.45, 7) is 7.46. The largest absolute Gasteiger partial charge is 0.490 e. The second-order valence-corrected chi connectivity index (χ2v) is 4.98. The molecule has 0 aliphatic carbocycles. The monoisotopic (exact) mass is 330 g/mol. The summed E-state index contributed by atoms with van der Waals surface area (Å²) in [5.74, 6) is 1.04. The molecular weight excluding hydrogens is 304 g/mol. The first kappa shape index (κ1) is 20.5. The van der Waals surface area contributed by atoms with E-state index in [2.05, 4.69) is 12.2 Å².